The van der Waals surface area contributed by atoms with Gasteiger partial charge in [0.25, 0.3) is 0 Å². The third kappa shape index (κ3) is 3.43. The fourth-order valence-electron chi connectivity index (χ4n) is 2.82. The molecule has 18 heavy (non-hydrogen) atoms. The largest absolute Gasteiger partial charge is 0.379 e. The zero-order valence-corrected chi connectivity index (χ0v) is 11.3. The number of nitrogens with two attached hydrogens (primary N) is 1. The van der Waals surface area contributed by atoms with Gasteiger partial charge in [-0.3, -0.25) is 9.69 Å². The average molecular weight is 255 g/mol. The molecule has 1 saturated heterocycles. The molecule has 104 valence electrons. The lowest BCUT2D eigenvalue weighted by Crippen LogP contribution is -2.56. The highest BCUT2D eigenvalue weighted by Gasteiger charge is 2.37. The molecule has 1 atom stereocenters. The molecule has 1 aliphatic carbocycles. The molecule has 1 unspecified atom stereocenters. The van der Waals surface area contributed by atoms with E-state index < -0.39 is 5.54 Å². The topological polar surface area (TPSA) is 67.6 Å². The molecule has 1 aliphatic heterocycles. The SMILES string of the molecule is CC(CN1CCOCC1)NC(=O)C1(N)CCCC1. The number of morpholine rings is 1. The van der Waals surface area contributed by atoms with Crippen LogP contribution in [-0.2, 0) is 9.53 Å². The smallest absolute Gasteiger partial charge is 0.240 e. The van der Waals surface area contributed by atoms with E-state index >= 15 is 0 Å². The summed E-state index contributed by atoms with van der Waals surface area (Å²) < 4.78 is 5.31. The van der Waals surface area contributed by atoms with E-state index in [2.05, 4.69) is 10.2 Å². The summed E-state index contributed by atoms with van der Waals surface area (Å²) in [6, 6.07) is 0.150. The Kier molecular flexibility index (Phi) is 4.59. The summed E-state index contributed by atoms with van der Waals surface area (Å²) in [5.41, 5.74) is 5.53. The van der Waals surface area contributed by atoms with Crippen LogP contribution in [0.15, 0.2) is 0 Å². The molecule has 5 nitrogen and oxygen atoms in total. The summed E-state index contributed by atoms with van der Waals surface area (Å²) in [4.78, 5) is 14.5. The van der Waals surface area contributed by atoms with E-state index in [9.17, 15) is 4.79 Å². The van der Waals surface area contributed by atoms with Crippen molar-refractivity contribution in [2.75, 3.05) is 32.8 Å². The molecular weight excluding hydrogens is 230 g/mol. The minimum Gasteiger partial charge on any atom is -0.379 e. The van der Waals surface area contributed by atoms with Crippen LogP contribution in [0.4, 0.5) is 0 Å². The van der Waals surface area contributed by atoms with Crippen LogP contribution in [0.1, 0.15) is 32.6 Å². The molecule has 5 heteroatoms. The minimum atomic E-state index is -0.612. The van der Waals surface area contributed by atoms with E-state index in [-0.39, 0.29) is 11.9 Å². The van der Waals surface area contributed by atoms with Crippen LogP contribution in [0, 0.1) is 0 Å². The Bertz CT molecular complexity index is 284. The van der Waals surface area contributed by atoms with Gasteiger partial charge in [0.2, 0.25) is 5.91 Å². The molecule has 1 heterocycles. The Morgan fingerprint density at radius 2 is 2.00 bits per heavy atom. The van der Waals surface area contributed by atoms with Gasteiger partial charge in [-0.2, -0.15) is 0 Å². The molecule has 2 rings (SSSR count). The van der Waals surface area contributed by atoms with Gasteiger partial charge in [-0.1, -0.05) is 12.8 Å². The zero-order chi connectivity index (χ0) is 13.0. The number of amides is 1. The standard InChI is InChI=1S/C13H25N3O2/c1-11(10-16-6-8-18-9-7-16)15-12(17)13(14)4-2-3-5-13/h11H,2-10,14H2,1H3,(H,15,17). The van der Waals surface area contributed by atoms with Crippen molar-refractivity contribution >= 4 is 5.91 Å². The predicted molar refractivity (Wildman–Crippen MR) is 70.3 cm³/mol. The normalized spacial score (nSPS) is 25.9. The monoisotopic (exact) mass is 255 g/mol. The van der Waals surface area contributed by atoms with E-state index in [0.717, 1.165) is 58.5 Å². The molecule has 3 N–H and O–H groups in total. The fraction of sp³-hybridized carbons (Fsp3) is 0.923. The lowest BCUT2D eigenvalue weighted by atomic mass is 9.98. The van der Waals surface area contributed by atoms with Crippen LogP contribution < -0.4 is 11.1 Å². The number of hydrogen-bond acceptors (Lipinski definition) is 4. The summed E-state index contributed by atoms with van der Waals surface area (Å²) in [6.45, 7) is 6.42. The van der Waals surface area contributed by atoms with Crippen LogP contribution in [-0.4, -0.2) is 55.2 Å². The van der Waals surface area contributed by atoms with Crippen molar-refractivity contribution in [3.05, 3.63) is 0 Å². The Labute approximate surface area is 109 Å². The third-order valence-corrected chi connectivity index (χ3v) is 3.96. The second-order valence-corrected chi connectivity index (χ2v) is 5.65. The summed E-state index contributed by atoms with van der Waals surface area (Å²) in [5, 5.41) is 3.06. The second-order valence-electron chi connectivity index (χ2n) is 5.65. The Morgan fingerprint density at radius 3 is 2.61 bits per heavy atom. The van der Waals surface area contributed by atoms with Crippen molar-refractivity contribution in [1.82, 2.24) is 10.2 Å². The summed E-state index contributed by atoms with van der Waals surface area (Å²) >= 11 is 0. The first kappa shape index (κ1) is 13.8. The van der Waals surface area contributed by atoms with Gasteiger partial charge < -0.3 is 15.8 Å². The van der Waals surface area contributed by atoms with Crippen molar-refractivity contribution < 1.29 is 9.53 Å². The van der Waals surface area contributed by atoms with Crippen LogP contribution in [0.5, 0.6) is 0 Å². The van der Waals surface area contributed by atoms with E-state index in [4.69, 9.17) is 10.5 Å². The molecule has 0 bridgehead atoms. The fourth-order valence-corrected chi connectivity index (χ4v) is 2.82. The van der Waals surface area contributed by atoms with Gasteiger partial charge in [0.1, 0.15) is 0 Å². The number of carbonyl (C=O) groups excluding carboxylic acids is 1. The highest BCUT2D eigenvalue weighted by Crippen LogP contribution is 2.27. The second kappa shape index (κ2) is 5.99. The first-order chi connectivity index (χ1) is 8.60. The van der Waals surface area contributed by atoms with Crippen molar-refractivity contribution in [2.45, 2.75) is 44.2 Å². The molecule has 2 fully saturated rings. The van der Waals surface area contributed by atoms with Crippen molar-refractivity contribution in [2.24, 2.45) is 5.73 Å². The number of nitrogens with zero attached hydrogens (tertiary/aromatic N) is 1. The quantitative estimate of drug-likeness (QED) is 0.747. The molecule has 2 aliphatic rings. The zero-order valence-electron chi connectivity index (χ0n) is 11.3. The average Bonchev–Trinajstić information content (AvgIpc) is 2.78. The minimum absolute atomic E-state index is 0.0285. The molecule has 1 saturated carbocycles. The molecule has 0 spiro atoms. The highest BCUT2D eigenvalue weighted by atomic mass is 16.5. The molecular formula is C13H25N3O2. The van der Waals surface area contributed by atoms with E-state index in [1.807, 2.05) is 6.92 Å². The number of nitrogens with one attached hydrogen (secondary N) is 1. The van der Waals surface area contributed by atoms with Gasteiger partial charge in [-0.15, -0.1) is 0 Å². The maximum atomic E-state index is 12.1. The van der Waals surface area contributed by atoms with Crippen LogP contribution >= 0.6 is 0 Å². The van der Waals surface area contributed by atoms with Gasteiger partial charge in [0.05, 0.1) is 18.8 Å². The third-order valence-electron chi connectivity index (χ3n) is 3.96. The Morgan fingerprint density at radius 1 is 1.39 bits per heavy atom. The van der Waals surface area contributed by atoms with Crippen LogP contribution in [0.2, 0.25) is 0 Å². The van der Waals surface area contributed by atoms with Gasteiger partial charge in [-0.25, -0.2) is 0 Å². The molecule has 0 radical (unpaired) electrons. The lowest BCUT2D eigenvalue weighted by molar-refractivity contribution is -0.127. The van der Waals surface area contributed by atoms with Gasteiger partial charge in [0.15, 0.2) is 0 Å². The molecule has 0 aromatic rings. The van der Waals surface area contributed by atoms with Crippen molar-refractivity contribution in [3.8, 4) is 0 Å². The predicted octanol–water partition coefficient (Wildman–Crippen LogP) is 0.0948. The first-order valence-electron chi connectivity index (χ1n) is 7.00. The maximum absolute atomic E-state index is 12.1. The van der Waals surface area contributed by atoms with Gasteiger partial charge in [-0.05, 0) is 19.8 Å². The lowest BCUT2D eigenvalue weighted by Gasteiger charge is -2.31. The summed E-state index contributed by atoms with van der Waals surface area (Å²) in [7, 11) is 0. The Hall–Kier alpha value is -0.650. The number of hydrogen-bond donors (Lipinski definition) is 2. The van der Waals surface area contributed by atoms with E-state index in [1.165, 1.54) is 0 Å². The number of ether oxygens (including phenoxy) is 1. The van der Waals surface area contributed by atoms with Gasteiger partial charge in [0, 0.05) is 25.7 Å². The summed E-state index contributed by atoms with van der Waals surface area (Å²) in [6.07, 6.45) is 3.79. The Balaban J connectivity index is 1.76. The van der Waals surface area contributed by atoms with Crippen LogP contribution in [0.25, 0.3) is 0 Å². The van der Waals surface area contributed by atoms with Crippen molar-refractivity contribution in [3.63, 3.8) is 0 Å². The maximum Gasteiger partial charge on any atom is 0.240 e. The molecule has 0 aromatic heterocycles. The first-order valence-corrected chi connectivity index (χ1v) is 7.00. The number of rotatable bonds is 4. The summed E-state index contributed by atoms with van der Waals surface area (Å²) in [5.74, 6) is 0.0285. The molecule has 1 amide bonds. The van der Waals surface area contributed by atoms with Crippen molar-refractivity contribution in [1.29, 1.82) is 0 Å². The molecule has 0 aromatic carbocycles. The van der Waals surface area contributed by atoms with Gasteiger partial charge >= 0.3 is 0 Å². The van der Waals surface area contributed by atoms with E-state index in [1.54, 1.807) is 0 Å². The number of carbonyl (C=O) groups is 1. The van der Waals surface area contributed by atoms with Crippen LogP contribution in [0.3, 0.4) is 0 Å². The van der Waals surface area contributed by atoms with E-state index in [0.29, 0.717) is 0 Å². The highest BCUT2D eigenvalue weighted by molar-refractivity contribution is 5.86.